The minimum absolute atomic E-state index is 0.0515. The number of rotatable bonds is 2. The topological polar surface area (TPSA) is 55.4 Å². The van der Waals surface area contributed by atoms with Crippen LogP contribution in [0.3, 0.4) is 0 Å². The van der Waals surface area contributed by atoms with Crippen molar-refractivity contribution >= 4 is 11.7 Å². The molecule has 1 amide bonds. The maximum absolute atomic E-state index is 14.1. The SMILES string of the molecule is C=C1[C@@H](C)[C@H]2[C@H](Cc3ccccc3)NC(=O)[C@]23C(=O)C[C@H]2C(C)=C[C@@H](C)C[C@H]4O[C@H]1[C@@H]3C42. The Balaban J connectivity index is 1.48. The first-order valence-corrected chi connectivity index (χ1v) is 12.2. The third kappa shape index (κ3) is 2.48. The Labute approximate surface area is 190 Å². The monoisotopic (exact) mass is 431 g/mol. The molecule has 2 aliphatic heterocycles. The van der Waals surface area contributed by atoms with Gasteiger partial charge in [0.05, 0.1) is 12.2 Å². The van der Waals surface area contributed by atoms with E-state index in [0.29, 0.717) is 12.3 Å². The highest BCUT2D eigenvalue weighted by Gasteiger charge is 2.75. The first kappa shape index (κ1) is 20.4. The number of benzene rings is 1. The van der Waals surface area contributed by atoms with Crippen LogP contribution in [0.25, 0.3) is 0 Å². The number of allylic oxidation sites excluding steroid dienone is 2. The molecule has 4 fully saturated rings. The van der Waals surface area contributed by atoms with E-state index in [-0.39, 0.29) is 59.5 Å². The minimum Gasteiger partial charge on any atom is -0.370 e. The summed E-state index contributed by atoms with van der Waals surface area (Å²) in [5.41, 5.74) is 2.60. The molecule has 4 nitrogen and oxygen atoms in total. The number of ether oxygens (including phenoxy) is 1. The Bertz CT molecular complexity index is 1030. The van der Waals surface area contributed by atoms with Crippen molar-refractivity contribution < 1.29 is 14.3 Å². The number of nitrogens with one attached hydrogen (secondary N) is 1. The zero-order chi connectivity index (χ0) is 22.4. The molecular weight excluding hydrogens is 398 g/mol. The van der Waals surface area contributed by atoms with E-state index >= 15 is 0 Å². The van der Waals surface area contributed by atoms with E-state index in [1.807, 2.05) is 18.2 Å². The summed E-state index contributed by atoms with van der Waals surface area (Å²) >= 11 is 0. The fourth-order valence-electron chi connectivity index (χ4n) is 8.35. The van der Waals surface area contributed by atoms with E-state index in [4.69, 9.17) is 4.74 Å². The van der Waals surface area contributed by atoms with Crippen molar-refractivity contribution in [3.05, 3.63) is 59.7 Å². The number of carbonyl (C=O) groups is 2. The summed E-state index contributed by atoms with van der Waals surface area (Å²) in [6.45, 7) is 11.1. The van der Waals surface area contributed by atoms with Crippen LogP contribution in [0.2, 0.25) is 0 Å². The lowest BCUT2D eigenvalue weighted by Gasteiger charge is -2.54. The van der Waals surface area contributed by atoms with Crippen LogP contribution in [-0.4, -0.2) is 29.9 Å². The second kappa shape index (κ2) is 6.90. The van der Waals surface area contributed by atoms with Crippen LogP contribution in [0, 0.1) is 40.9 Å². The molecule has 10 atom stereocenters. The van der Waals surface area contributed by atoms with Gasteiger partial charge in [-0.05, 0) is 54.6 Å². The number of carbonyl (C=O) groups excluding carboxylic acids is 2. The average Bonchev–Trinajstić information content (AvgIpc) is 3.22. The molecule has 168 valence electrons. The average molecular weight is 432 g/mol. The molecule has 0 aromatic heterocycles. The Kier molecular flexibility index (Phi) is 4.40. The standard InChI is InChI=1S/C28H33NO3/c1-14-10-15(2)19-13-22(30)28-24(20(29-27(28)31)12-18-8-6-5-7-9-18)16(3)17(4)26-25(28)23(19)21(11-14)32-26/h5-10,14,16,19-21,23-26H,4,11-13H2,1-3H3,(H,29,31)/t14-,16-,19+,20+,21-,23?,24+,25+,26-,28-/m1/s1. The molecular formula is C28H33NO3. The van der Waals surface area contributed by atoms with Crippen LogP contribution in [0.4, 0.5) is 0 Å². The van der Waals surface area contributed by atoms with E-state index in [1.165, 1.54) is 11.1 Å². The van der Waals surface area contributed by atoms with Crippen molar-refractivity contribution in [2.24, 2.45) is 40.9 Å². The van der Waals surface area contributed by atoms with Crippen molar-refractivity contribution in [3.63, 3.8) is 0 Å². The maximum atomic E-state index is 14.1. The highest BCUT2D eigenvalue weighted by Crippen LogP contribution is 2.67. The molecule has 1 aromatic rings. The van der Waals surface area contributed by atoms with Crippen molar-refractivity contribution in [2.75, 3.05) is 0 Å². The quantitative estimate of drug-likeness (QED) is 0.566. The van der Waals surface area contributed by atoms with Gasteiger partial charge in [-0.25, -0.2) is 0 Å². The normalized spacial score (nSPS) is 46.8. The van der Waals surface area contributed by atoms with Gasteiger partial charge in [0.25, 0.3) is 0 Å². The number of ketones is 1. The molecule has 2 saturated carbocycles. The molecule has 1 spiro atoms. The molecule has 1 unspecified atom stereocenters. The van der Waals surface area contributed by atoms with E-state index in [1.54, 1.807) is 0 Å². The van der Waals surface area contributed by atoms with Gasteiger partial charge in [-0.3, -0.25) is 9.59 Å². The smallest absolute Gasteiger partial charge is 0.234 e. The van der Waals surface area contributed by atoms with E-state index in [9.17, 15) is 9.59 Å². The second-order valence-corrected chi connectivity index (χ2v) is 11.1. The first-order valence-electron chi connectivity index (χ1n) is 12.2. The van der Waals surface area contributed by atoms with Gasteiger partial charge in [0.1, 0.15) is 11.2 Å². The summed E-state index contributed by atoms with van der Waals surface area (Å²) in [7, 11) is 0. The summed E-state index contributed by atoms with van der Waals surface area (Å²) < 4.78 is 6.72. The highest BCUT2D eigenvalue weighted by molar-refractivity contribution is 6.10. The van der Waals surface area contributed by atoms with Gasteiger partial charge < -0.3 is 10.1 Å². The Morgan fingerprint density at radius 3 is 2.66 bits per heavy atom. The summed E-state index contributed by atoms with van der Waals surface area (Å²) in [6.07, 6.45) is 4.39. The van der Waals surface area contributed by atoms with Gasteiger partial charge >= 0.3 is 0 Å². The van der Waals surface area contributed by atoms with Gasteiger partial charge in [-0.15, -0.1) is 0 Å². The molecule has 1 N–H and O–H groups in total. The summed E-state index contributed by atoms with van der Waals surface area (Å²) in [5.74, 6) is 0.795. The van der Waals surface area contributed by atoms with E-state index < -0.39 is 5.41 Å². The van der Waals surface area contributed by atoms with Gasteiger partial charge in [0, 0.05) is 24.3 Å². The zero-order valence-electron chi connectivity index (χ0n) is 19.2. The Morgan fingerprint density at radius 1 is 1.16 bits per heavy atom. The lowest BCUT2D eigenvalue weighted by molar-refractivity contribution is -0.158. The molecule has 1 aromatic carbocycles. The second-order valence-electron chi connectivity index (χ2n) is 11.1. The largest absolute Gasteiger partial charge is 0.370 e. The zero-order valence-corrected chi connectivity index (χ0v) is 19.2. The van der Waals surface area contributed by atoms with Crippen LogP contribution in [0.15, 0.2) is 54.1 Å². The van der Waals surface area contributed by atoms with Crippen LogP contribution < -0.4 is 5.32 Å². The van der Waals surface area contributed by atoms with Gasteiger partial charge in [-0.2, -0.15) is 0 Å². The molecule has 2 heterocycles. The number of amides is 1. The van der Waals surface area contributed by atoms with Gasteiger partial charge in [-0.1, -0.05) is 62.4 Å². The maximum Gasteiger partial charge on any atom is 0.234 e. The van der Waals surface area contributed by atoms with Gasteiger partial charge in [0.15, 0.2) is 0 Å². The van der Waals surface area contributed by atoms with Crippen molar-refractivity contribution in [1.29, 1.82) is 0 Å². The lowest BCUT2D eigenvalue weighted by atomic mass is 9.45. The summed E-state index contributed by atoms with van der Waals surface area (Å²) in [6, 6.07) is 10.2. The molecule has 4 heteroatoms. The lowest BCUT2D eigenvalue weighted by Crippen LogP contribution is -2.62. The fraction of sp³-hybridized carbons (Fsp3) is 0.571. The summed E-state index contributed by atoms with van der Waals surface area (Å²) in [4.78, 5) is 27.9. The third-order valence-electron chi connectivity index (χ3n) is 9.52. The minimum atomic E-state index is -0.978. The van der Waals surface area contributed by atoms with Crippen molar-refractivity contribution in [1.82, 2.24) is 5.32 Å². The molecule has 0 bridgehead atoms. The Hall–Kier alpha value is -2.20. The molecule has 32 heavy (non-hydrogen) atoms. The first-order chi connectivity index (χ1) is 15.3. The molecule has 5 aliphatic rings. The van der Waals surface area contributed by atoms with Crippen LogP contribution in [-0.2, 0) is 20.7 Å². The fourth-order valence-corrected chi connectivity index (χ4v) is 8.35. The molecule has 0 radical (unpaired) electrons. The number of Topliss-reactive ketones (excluding diaryl/α,β-unsaturated/α-hetero) is 1. The number of hydrogen-bond donors (Lipinski definition) is 1. The summed E-state index contributed by atoms with van der Waals surface area (Å²) in [5, 5.41) is 3.31. The van der Waals surface area contributed by atoms with Crippen molar-refractivity contribution in [2.45, 2.75) is 58.3 Å². The Morgan fingerprint density at radius 2 is 1.91 bits per heavy atom. The van der Waals surface area contributed by atoms with Crippen LogP contribution >= 0.6 is 0 Å². The highest BCUT2D eigenvalue weighted by atomic mass is 16.5. The predicted molar refractivity (Wildman–Crippen MR) is 123 cm³/mol. The van der Waals surface area contributed by atoms with Crippen LogP contribution in [0.5, 0.6) is 0 Å². The molecule has 6 rings (SSSR count). The number of hydrogen-bond acceptors (Lipinski definition) is 3. The third-order valence-corrected chi connectivity index (χ3v) is 9.52. The predicted octanol–water partition coefficient (Wildman–Crippen LogP) is 4.11. The van der Waals surface area contributed by atoms with Crippen molar-refractivity contribution in [3.8, 4) is 0 Å². The molecule has 3 aliphatic carbocycles. The molecule has 2 saturated heterocycles. The van der Waals surface area contributed by atoms with E-state index in [0.717, 1.165) is 18.4 Å². The van der Waals surface area contributed by atoms with Crippen LogP contribution in [0.1, 0.15) is 39.2 Å². The van der Waals surface area contributed by atoms with E-state index in [2.05, 4.69) is 50.9 Å². The van der Waals surface area contributed by atoms with Gasteiger partial charge in [0.2, 0.25) is 5.91 Å².